The molecule has 1 fully saturated rings. The van der Waals surface area contributed by atoms with Crippen LogP contribution < -0.4 is 33.9 Å². The van der Waals surface area contributed by atoms with E-state index in [2.05, 4.69) is 69.4 Å². The Morgan fingerprint density at radius 3 is 2.21 bits per heavy atom. The minimum Gasteiger partial charge on any atom is -0.497 e. The summed E-state index contributed by atoms with van der Waals surface area (Å²) >= 11 is 0. The minimum atomic E-state index is 0.364. The number of nitrogens with one attached hydrogen (secondary N) is 1. The maximum atomic E-state index is 6.39. The van der Waals surface area contributed by atoms with Gasteiger partial charge in [-0.15, -0.1) is 0 Å². The Morgan fingerprint density at radius 1 is 0.737 bits per heavy atom. The fraction of sp³-hybridized carbons (Fsp3) is 0.283. The smallest absolute Gasteiger partial charge is 0.150 e. The molecule has 11 heteroatoms. The maximum Gasteiger partial charge on any atom is 0.150 e. The number of nitrogens with zero attached hydrogens (tertiary/aromatic N) is 5. The Hall–Kier alpha value is -6.49. The van der Waals surface area contributed by atoms with Crippen molar-refractivity contribution in [2.75, 3.05) is 45.7 Å². The van der Waals surface area contributed by atoms with Gasteiger partial charge < -0.3 is 33.9 Å². The number of rotatable bonds is 15. The van der Waals surface area contributed by atoms with Gasteiger partial charge in [0.25, 0.3) is 0 Å². The average molecular weight is 765 g/mol. The highest BCUT2D eigenvalue weighted by Gasteiger charge is 2.25. The Kier molecular flexibility index (Phi) is 11.0. The standard InChI is InChI=1S/C46H48N6O5/c1-51(26-34-13-16-39(54-3)22-43(34)56-5)36-14-10-31-11-17-40(20-35(31)19-36)57-28-30-18-37(25-47-23-30)52-27-41(32-8-6-7-9-32)44-45(49-29-50-46(44)52)48-24-33-12-15-38(53-2)21-42(33)55-4/h10-23,25,27,29,32H,6-9,24,26,28H2,1-5H3,(H,48,49,50). The molecule has 0 amide bonds. The lowest BCUT2D eigenvalue weighted by molar-refractivity contribution is 0.306. The van der Waals surface area contributed by atoms with Gasteiger partial charge in [0, 0.05) is 67.0 Å². The molecular weight excluding hydrogens is 717 g/mol. The number of benzene rings is 4. The van der Waals surface area contributed by atoms with Gasteiger partial charge in [0.2, 0.25) is 0 Å². The van der Waals surface area contributed by atoms with E-state index in [1.165, 1.54) is 18.4 Å². The summed E-state index contributed by atoms with van der Waals surface area (Å²) in [6.07, 6.45) is 12.3. The van der Waals surface area contributed by atoms with Gasteiger partial charge in [-0.1, -0.05) is 25.0 Å². The lowest BCUT2D eigenvalue weighted by Crippen LogP contribution is -2.16. The fourth-order valence-corrected chi connectivity index (χ4v) is 7.86. The summed E-state index contributed by atoms with van der Waals surface area (Å²) in [4.78, 5) is 16.4. The molecule has 0 radical (unpaired) electrons. The van der Waals surface area contributed by atoms with Gasteiger partial charge >= 0.3 is 0 Å². The minimum absolute atomic E-state index is 0.364. The van der Waals surface area contributed by atoms with Crippen LogP contribution in [0.15, 0.2) is 104 Å². The van der Waals surface area contributed by atoms with Crippen LogP contribution in [0.25, 0.3) is 27.5 Å². The molecule has 3 heterocycles. The third-order valence-electron chi connectivity index (χ3n) is 10.9. The van der Waals surface area contributed by atoms with E-state index in [9.17, 15) is 0 Å². The Bertz CT molecular complexity index is 2510. The van der Waals surface area contributed by atoms with Crippen molar-refractivity contribution >= 4 is 33.3 Å². The fourth-order valence-electron chi connectivity index (χ4n) is 7.86. The van der Waals surface area contributed by atoms with Crippen LogP contribution in [0.1, 0.15) is 53.9 Å². The van der Waals surface area contributed by atoms with E-state index in [1.54, 1.807) is 34.8 Å². The molecule has 0 aliphatic heterocycles. The molecule has 57 heavy (non-hydrogen) atoms. The monoisotopic (exact) mass is 764 g/mol. The second-order valence-electron chi connectivity index (χ2n) is 14.5. The van der Waals surface area contributed by atoms with E-state index in [0.717, 1.165) is 97.3 Å². The van der Waals surface area contributed by atoms with Crippen LogP contribution in [0, 0.1) is 0 Å². The molecule has 4 aromatic carbocycles. The van der Waals surface area contributed by atoms with Gasteiger partial charge in [-0.05, 0) is 89.7 Å². The summed E-state index contributed by atoms with van der Waals surface area (Å²) in [7, 11) is 8.76. The van der Waals surface area contributed by atoms with E-state index in [-0.39, 0.29) is 0 Å². The third-order valence-corrected chi connectivity index (χ3v) is 10.9. The Labute approximate surface area is 333 Å². The molecule has 1 aliphatic rings. The van der Waals surface area contributed by atoms with Crippen LogP contribution in [0.5, 0.6) is 28.7 Å². The van der Waals surface area contributed by atoms with Crippen molar-refractivity contribution in [1.82, 2.24) is 19.5 Å². The summed E-state index contributed by atoms with van der Waals surface area (Å²) in [5.74, 6) is 5.11. The van der Waals surface area contributed by atoms with Crippen LogP contribution >= 0.6 is 0 Å². The zero-order chi connectivity index (χ0) is 39.3. The average Bonchev–Trinajstić information content (AvgIpc) is 3.94. The molecular formula is C46H48N6O5. The first-order valence-electron chi connectivity index (χ1n) is 19.3. The molecule has 3 aromatic heterocycles. The highest BCUT2D eigenvalue weighted by molar-refractivity contribution is 5.92. The molecule has 8 rings (SSSR count). The van der Waals surface area contributed by atoms with Crippen molar-refractivity contribution in [2.24, 2.45) is 0 Å². The summed E-state index contributed by atoms with van der Waals surface area (Å²) in [6, 6.07) is 26.6. The van der Waals surface area contributed by atoms with Gasteiger partial charge in [-0.2, -0.15) is 0 Å². The quantitative estimate of drug-likeness (QED) is 0.109. The number of hydrogen-bond acceptors (Lipinski definition) is 10. The van der Waals surface area contributed by atoms with Gasteiger partial charge in [-0.3, -0.25) is 9.55 Å². The number of hydrogen-bond donors (Lipinski definition) is 1. The highest BCUT2D eigenvalue weighted by Crippen LogP contribution is 2.41. The predicted octanol–water partition coefficient (Wildman–Crippen LogP) is 9.49. The van der Waals surface area contributed by atoms with Crippen molar-refractivity contribution in [3.8, 4) is 34.4 Å². The van der Waals surface area contributed by atoms with Crippen molar-refractivity contribution in [1.29, 1.82) is 0 Å². The van der Waals surface area contributed by atoms with E-state index in [1.807, 2.05) is 54.9 Å². The molecule has 0 atom stereocenters. The first-order valence-corrected chi connectivity index (χ1v) is 19.3. The van der Waals surface area contributed by atoms with Crippen molar-refractivity contribution in [3.05, 3.63) is 126 Å². The van der Waals surface area contributed by atoms with Gasteiger partial charge in [0.1, 0.15) is 53.1 Å². The topological polar surface area (TPSA) is 105 Å². The van der Waals surface area contributed by atoms with Gasteiger partial charge in [-0.25, -0.2) is 9.97 Å². The highest BCUT2D eigenvalue weighted by atomic mass is 16.5. The normalized spacial score (nSPS) is 12.9. The first-order chi connectivity index (χ1) is 27.9. The summed E-state index contributed by atoms with van der Waals surface area (Å²) in [5, 5.41) is 6.88. The molecule has 1 N–H and O–H groups in total. The number of fused-ring (bicyclic) bond motifs is 2. The zero-order valence-corrected chi connectivity index (χ0v) is 33.1. The molecule has 0 unspecified atom stereocenters. The van der Waals surface area contributed by atoms with E-state index in [0.29, 0.717) is 25.6 Å². The summed E-state index contributed by atoms with van der Waals surface area (Å²) in [6.45, 7) is 1.58. The van der Waals surface area contributed by atoms with Gasteiger partial charge in [0.15, 0.2) is 0 Å². The molecule has 0 bridgehead atoms. The summed E-state index contributed by atoms with van der Waals surface area (Å²) < 4.78 is 30.6. The lowest BCUT2D eigenvalue weighted by Gasteiger charge is -2.21. The predicted molar refractivity (Wildman–Crippen MR) is 225 cm³/mol. The van der Waals surface area contributed by atoms with Crippen molar-refractivity contribution in [2.45, 2.75) is 51.3 Å². The molecule has 11 nitrogen and oxygen atoms in total. The van der Waals surface area contributed by atoms with Crippen LogP contribution in [0.2, 0.25) is 0 Å². The number of aromatic nitrogens is 4. The van der Waals surface area contributed by atoms with Crippen molar-refractivity contribution in [3.63, 3.8) is 0 Å². The molecule has 0 spiro atoms. The molecule has 292 valence electrons. The van der Waals surface area contributed by atoms with Crippen LogP contribution in [0.4, 0.5) is 11.5 Å². The molecule has 1 saturated carbocycles. The van der Waals surface area contributed by atoms with E-state index >= 15 is 0 Å². The van der Waals surface area contributed by atoms with Crippen LogP contribution in [0.3, 0.4) is 0 Å². The number of ether oxygens (including phenoxy) is 5. The largest absolute Gasteiger partial charge is 0.497 e. The van der Waals surface area contributed by atoms with Crippen LogP contribution in [-0.4, -0.2) is 55.0 Å². The SMILES string of the molecule is COc1ccc(CNc2ncnc3c2c(C2CCCC2)cn3-c2cncc(COc3ccc4ccc(N(C)Cc5ccc(OC)cc5OC)cc4c3)c2)c(OC)c1. The van der Waals surface area contributed by atoms with E-state index in [4.69, 9.17) is 33.7 Å². The third kappa shape index (κ3) is 7.96. The number of methoxy groups -OCH3 is 4. The summed E-state index contributed by atoms with van der Waals surface area (Å²) in [5.41, 5.74) is 7.16. The van der Waals surface area contributed by atoms with Crippen molar-refractivity contribution < 1.29 is 23.7 Å². The Balaban J connectivity index is 1.02. The van der Waals surface area contributed by atoms with Gasteiger partial charge in [0.05, 0.1) is 45.7 Å². The second-order valence-corrected chi connectivity index (χ2v) is 14.5. The molecule has 7 aromatic rings. The molecule has 0 saturated heterocycles. The van der Waals surface area contributed by atoms with E-state index < -0.39 is 0 Å². The number of anilines is 2. The zero-order valence-electron chi connectivity index (χ0n) is 33.1. The molecule has 1 aliphatic carbocycles. The number of pyridine rings is 1. The maximum absolute atomic E-state index is 6.39. The second kappa shape index (κ2) is 16.7. The lowest BCUT2D eigenvalue weighted by atomic mass is 9.98. The van der Waals surface area contributed by atoms with Crippen LogP contribution in [-0.2, 0) is 19.7 Å². The first kappa shape index (κ1) is 37.4. The Morgan fingerprint density at radius 2 is 1.46 bits per heavy atom.